The SMILES string of the molecule is CC(C)Nc1c(N)n(C)c(=O)[nH]c1=O. The third kappa shape index (κ3) is 1.78. The number of aromatic nitrogens is 2. The van der Waals surface area contributed by atoms with Gasteiger partial charge in [0.05, 0.1) is 0 Å². The number of H-pyrrole nitrogens is 1. The molecule has 0 atom stereocenters. The smallest absolute Gasteiger partial charge is 0.329 e. The molecule has 78 valence electrons. The Morgan fingerprint density at radius 3 is 2.50 bits per heavy atom. The van der Waals surface area contributed by atoms with Crippen LogP contribution in [0, 0.1) is 0 Å². The van der Waals surface area contributed by atoms with Crippen molar-refractivity contribution in [3.63, 3.8) is 0 Å². The van der Waals surface area contributed by atoms with Crippen LogP contribution in [0.25, 0.3) is 0 Å². The molecule has 0 saturated heterocycles. The van der Waals surface area contributed by atoms with Gasteiger partial charge in [0, 0.05) is 13.1 Å². The van der Waals surface area contributed by atoms with E-state index in [0.29, 0.717) is 0 Å². The second-order valence-corrected chi connectivity index (χ2v) is 3.38. The number of rotatable bonds is 2. The van der Waals surface area contributed by atoms with Gasteiger partial charge in [-0.15, -0.1) is 0 Å². The van der Waals surface area contributed by atoms with Crippen molar-refractivity contribution in [2.24, 2.45) is 7.05 Å². The minimum atomic E-state index is -0.512. The largest absolute Gasteiger partial charge is 0.383 e. The molecule has 0 bridgehead atoms. The van der Waals surface area contributed by atoms with Gasteiger partial charge in [0.2, 0.25) is 0 Å². The van der Waals surface area contributed by atoms with Gasteiger partial charge in [0.25, 0.3) is 5.56 Å². The van der Waals surface area contributed by atoms with E-state index >= 15 is 0 Å². The number of hydrogen-bond acceptors (Lipinski definition) is 4. The van der Waals surface area contributed by atoms with Crippen LogP contribution in [-0.2, 0) is 7.05 Å². The molecule has 0 amide bonds. The summed E-state index contributed by atoms with van der Waals surface area (Å²) in [4.78, 5) is 24.6. The molecule has 0 aliphatic carbocycles. The fourth-order valence-electron chi connectivity index (χ4n) is 1.07. The first-order chi connectivity index (χ1) is 6.43. The molecule has 0 saturated carbocycles. The van der Waals surface area contributed by atoms with Crippen LogP contribution in [0.3, 0.4) is 0 Å². The van der Waals surface area contributed by atoms with Crippen molar-refractivity contribution in [2.75, 3.05) is 11.1 Å². The summed E-state index contributed by atoms with van der Waals surface area (Å²) in [7, 11) is 1.50. The Kier molecular flexibility index (Phi) is 2.64. The molecule has 0 aliphatic rings. The third-order valence-electron chi connectivity index (χ3n) is 1.80. The van der Waals surface area contributed by atoms with Crippen LogP contribution in [0.4, 0.5) is 11.5 Å². The Labute approximate surface area is 80.8 Å². The highest BCUT2D eigenvalue weighted by atomic mass is 16.2. The molecular formula is C8H14N4O2. The summed E-state index contributed by atoms with van der Waals surface area (Å²) in [5.74, 6) is 0.146. The highest BCUT2D eigenvalue weighted by molar-refractivity contribution is 5.60. The summed E-state index contributed by atoms with van der Waals surface area (Å²) in [6, 6.07) is 0.0795. The predicted molar refractivity (Wildman–Crippen MR) is 55.5 cm³/mol. The van der Waals surface area contributed by atoms with Crippen molar-refractivity contribution in [3.8, 4) is 0 Å². The lowest BCUT2D eigenvalue weighted by Crippen LogP contribution is -2.33. The second-order valence-electron chi connectivity index (χ2n) is 3.38. The highest BCUT2D eigenvalue weighted by Gasteiger charge is 2.09. The van der Waals surface area contributed by atoms with Crippen LogP contribution in [0.5, 0.6) is 0 Å². The Morgan fingerprint density at radius 2 is 2.00 bits per heavy atom. The molecule has 1 heterocycles. The van der Waals surface area contributed by atoms with E-state index in [0.717, 1.165) is 0 Å². The van der Waals surface area contributed by atoms with Gasteiger partial charge < -0.3 is 11.1 Å². The zero-order valence-corrected chi connectivity index (χ0v) is 8.42. The van der Waals surface area contributed by atoms with E-state index in [4.69, 9.17) is 5.73 Å². The molecule has 4 N–H and O–H groups in total. The van der Waals surface area contributed by atoms with E-state index in [1.165, 1.54) is 11.6 Å². The average molecular weight is 198 g/mol. The molecule has 6 nitrogen and oxygen atoms in total. The van der Waals surface area contributed by atoms with E-state index < -0.39 is 11.2 Å². The Balaban J connectivity index is 3.37. The molecule has 0 aliphatic heterocycles. The maximum atomic E-state index is 11.3. The minimum absolute atomic E-state index is 0.0795. The van der Waals surface area contributed by atoms with Crippen LogP contribution in [0.1, 0.15) is 13.8 Å². The molecule has 0 spiro atoms. The lowest BCUT2D eigenvalue weighted by Gasteiger charge is -2.12. The molecular weight excluding hydrogens is 184 g/mol. The molecule has 14 heavy (non-hydrogen) atoms. The van der Waals surface area contributed by atoms with Gasteiger partial charge in [-0.2, -0.15) is 0 Å². The topological polar surface area (TPSA) is 92.9 Å². The summed E-state index contributed by atoms with van der Waals surface area (Å²) in [6.07, 6.45) is 0. The fourth-order valence-corrected chi connectivity index (χ4v) is 1.07. The molecule has 1 aromatic heterocycles. The van der Waals surface area contributed by atoms with Crippen molar-refractivity contribution < 1.29 is 0 Å². The number of nitrogens with zero attached hydrogens (tertiary/aromatic N) is 1. The number of aromatic amines is 1. The van der Waals surface area contributed by atoms with E-state index in [-0.39, 0.29) is 17.5 Å². The maximum absolute atomic E-state index is 11.3. The summed E-state index contributed by atoms with van der Waals surface area (Å²) in [5, 5.41) is 2.88. The molecule has 0 aromatic carbocycles. The molecule has 0 fully saturated rings. The molecule has 0 radical (unpaired) electrons. The van der Waals surface area contributed by atoms with Gasteiger partial charge in [-0.1, -0.05) is 0 Å². The van der Waals surface area contributed by atoms with E-state index in [1.807, 2.05) is 13.8 Å². The lowest BCUT2D eigenvalue weighted by molar-refractivity contribution is 0.803. The summed E-state index contributed by atoms with van der Waals surface area (Å²) in [5.41, 5.74) is 4.85. The van der Waals surface area contributed by atoms with Crippen molar-refractivity contribution in [2.45, 2.75) is 19.9 Å². The Hall–Kier alpha value is -1.72. The van der Waals surface area contributed by atoms with E-state index in [9.17, 15) is 9.59 Å². The third-order valence-corrected chi connectivity index (χ3v) is 1.80. The summed E-state index contributed by atoms with van der Waals surface area (Å²) >= 11 is 0. The molecule has 1 rings (SSSR count). The first kappa shape index (κ1) is 10.4. The number of anilines is 2. The van der Waals surface area contributed by atoms with Crippen LogP contribution < -0.4 is 22.3 Å². The fraction of sp³-hybridized carbons (Fsp3) is 0.500. The maximum Gasteiger partial charge on any atom is 0.329 e. The number of nitrogens with one attached hydrogen (secondary N) is 2. The highest BCUT2D eigenvalue weighted by Crippen LogP contribution is 2.09. The zero-order chi connectivity index (χ0) is 10.9. The molecule has 0 unspecified atom stereocenters. The molecule has 6 heteroatoms. The quantitative estimate of drug-likeness (QED) is 0.596. The van der Waals surface area contributed by atoms with Crippen molar-refractivity contribution in [3.05, 3.63) is 20.8 Å². The number of nitrogens with two attached hydrogens (primary N) is 1. The van der Waals surface area contributed by atoms with Crippen LogP contribution in [-0.4, -0.2) is 15.6 Å². The summed E-state index contributed by atoms with van der Waals surface area (Å²) < 4.78 is 1.19. The van der Waals surface area contributed by atoms with E-state index in [1.54, 1.807) is 0 Å². The standard InChI is InChI=1S/C8H14N4O2/c1-4(2)10-5-6(9)12(3)8(14)11-7(5)13/h4,10H,9H2,1-3H3,(H,11,13,14). The van der Waals surface area contributed by atoms with E-state index in [2.05, 4.69) is 10.3 Å². The van der Waals surface area contributed by atoms with Gasteiger partial charge in [0.1, 0.15) is 11.5 Å². The normalized spacial score (nSPS) is 10.6. The van der Waals surface area contributed by atoms with Crippen LogP contribution in [0.15, 0.2) is 9.59 Å². The van der Waals surface area contributed by atoms with Gasteiger partial charge >= 0.3 is 5.69 Å². The second kappa shape index (κ2) is 3.57. The van der Waals surface area contributed by atoms with Crippen molar-refractivity contribution in [1.82, 2.24) is 9.55 Å². The average Bonchev–Trinajstić information content (AvgIpc) is 2.09. The Morgan fingerprint density at radius 1 is 1.43 bits per heavy atom. The minimum Gasteiger partial charge on any atom is -0.383 e. The molecule has 1 aromatic rings. The lowest BCUT2D eigenvalue weighted by atomic mass is 10.3. The van der Waals surface area contributed by atoms with Crippen molar-refractivity contribution >= 4 is 11.5 Å². The van der Waals surface area contributed by atoms with Gasteiger partial charge in [0.15, 0.2) is 0 Å². The Bertz CT molecular complexity index is 444. The predicted octanol–water partition coefficient (Wildman–Crippen LogP) is -0.524. The zero-order valence-electron chi connectivity index (χ0n) is 8.42. The van der Waals surface area contributed by atoms with Crippen molar-refractivity contribution in [1.29, 1.82) is 0 Å². The summed E-state index contributed by atoms with van der Waals surface area (Å²) in [6.45, 7) is 3.76. The van der Waals surface area contributed by atoms with Gasteiger partial charge in [-0.05, 0) is 13.8 Å². The number of hydrogen-bond donors (Lipinski definition) is 3. The monoisotopic (exact) mass is 198 g/mol. The number of nitrogen functional groups attached to an aromatic ring is 1. The van der Waals surface area contributed by atoms with Crippen LogP contribution in [0.2, 0.25) is 0 Å². The van der Waals surface area contributed by atoms with Crippen LogP contribution >= 0.6 is 0 Å². The van der Waals surface area contributed by atoms with Gasteiger partial charge in [-0.3, -0.25) is 14.3 Å². The first-order valence-electron chi connectivity index (χ1n) is 4.28. The first-order valence-corrected chi connectivity index (χ1v) is 4.28. The van der Waals surface area contributed by atoms with Gasteiger partial charge in [-0.25, -0.2) is 4.79 Å².